The molecule has 0 amide bonds. The standard InChI is InChI=1S/C23H36O4/c1-15(2)19(24)25-23(12-11-21(7,8)27-26-20(4,5)6)14-17-13-18(23)16(3)22(17,9)10/h16-18H,1,13-14H2,2-10H3/t16-,17-,18-,23-/m1/s1. The van der Waals surface area contributed by atoms with Crippen molar-refractivity contribution in [1.29, 1.82) is 0 Å². The third kappa shape index (κ3) is 4.58. The van der Waals surface area contributed by atoms with E-state index in [1.54, 1.807) is 6.92 Å². The summed E-state index contributed by atoms with van der Waals surface area (Å²) in [6.07, 6.45) is 1.79. The second-order valence-electron chi connectivity index (χ2n) is 10.5. The maximum atomic E-state index is 12.4. The Hall–Kier alpha value is -1.31. The lowest BCUT2D eigenvalue weighted by molar-refractivity contribution is -0.384. The molecule has 0 aromatic heterocycles. The molecule has 0 unspecified atom stereocenters. The fourth-order valence-corrected chi connectivity index (χ4v) is 4.21. The average molecular weight is 377 g/mol. The summed E-state index contributed by atoms with van der Waals surface area (Å²) in [5.74, 6) is 7.25. The van der Waals surface area contributed by atoms with Crippen LogP contribution in [0.25, 0.3) is 0 Å². The zero-order valence-electron chi connectivity index (χ0n) is 18.5. The number of rotatable bonds is 4. The average Bonchev–Trinajstić information content (AvgIpc) is 2.99. The van der Waals surface area contributed by atoms with Gasteiger partial charge < -0.3 is 4.74 Å². The van der Waals surface area contributed by atoms with Crippen molar-refractivity contribution in [2.24, 2.45) is 23.2 Å². The molecular weight excluding hydrogens is 340 g/mol. The first kappa shape index (κ1) is 22.0. The molecule has 0 aromatic rings. The number of carbonyl (C=O) groups is 1. The fraction of sp³-hybridized carbons (Fsp3) is 0.783. The Kier molecular flexibility index (Phi) is 5.65. The Morgan fingerprint density at radius 1 is 1.15 bits per heavy atom. The van der Waals surface area contributed by atoms with Crippen molar-refractivity contribution >= 4 is 5.97 Å². The number of esters is 1. The minimum Gasteiger partial charge on any atom is -0.442 e. The Bertz CT molecular complexity index is 667. The Balaban J connectivity index is 2.32. The summed E-state index contributed by atoms with van der Waals surface area (Å²) in [7, 11) is 0. The van der Waals surface area contributed by atoms with Gasteiger partial charge in [0.05, 0.1) is 5.60 Å². The van der Waals surface area contributed by atoms with Crippen molar-refractivity contribution in [2.45, 2.75) is 92.0 Å². The molecular formula is C23H36O4. The third-order valence-electron chi connectivity index (χ3n) is 6.21. The van der Waals surface area contributed by atoms with E-state index in [1.807, 2.05) is 34.6 Å². The molecule has 0 aliphatic heterocycles. The molecule has 4 nitrogen and oxygen atoms in total. The van der Waals surface area contributed by atoms with Crippen molar-refractivity contribution < 1.29 is 19.3 Å². The van der Waals surface area contributed by atoms with E-state index in [4.69, 9.17) is 14.5 Å². The zero-order chi connectivity index (χ0) is 20.8. The van der Waals surface area contributed by atoms with Gasteiger partial charge in [-0.15, -0.1) is 0 Å². The second kappa shape index (κ2) is 6.94. The molecule has 152 valence electrons. The molecule has 2 aliphatic rings. The molecule has 0 N–H and O–H groups in total. The van der Waals surface area contributed by atoms with Gasteiger partial charge in [0.1, 0.15) is 0 Å². The van der Waals surface area contributed by atoms with Crippen LogP contribution >= 0.6 is 0 Å². The summed E-state index contributed by atoms with van der Waals surface area (Å²) in [4.78, 5) is 23.4. The van der Waals surface area contributed by atoms with Crippen LogP contribution in [0.5, 0.6) is 0 Å². The van der Waals surface area contributed by atoms with Crippen LogP contribution in [0, 0.1) is 35.0 Å². The highest BCUT2D eigenvalue weighted by Crippen LogP contribution is 2.63. The van der Waals surface area contributed by atoms with E-state index in [1.165, 1.54) is 0 Å². The molecule has 2 fully saturated rings. The van der Waals surface area contributed by atoms with E-state index in [9.17, 15) is 4.79 Å². The summed E-state index contributed by atoms with van der Waals surface area (Å²) in [5, 5.41) is 0. The smallest absolute Gasteiger partial charge is 0.334 e. The lowest BCUT2D eigenvalue weighted by atomic mass is 9.64. The van der Waals surface area contributed by atoms with E-state index < -0.39 is 16.8 Å². The topological polar surface area (TPSA) is 44.8 Å². The fourth-order valence-electron chi connectivity index (χ4n) is 4.21. The van der Waals surface area contributed by atoms with Crippen molar-refractivity contribution in [3.63, 3.8) is 0 Å². The van der Waals surface area contributed by atoms with Crippen molar-refractivity contribution in [1.82, 2.24) is 0 Å². The van der Waals surface area contributed by atoms with Crippen molar-refractivity contribution in [2.75, 3.05) is 0 Å². The van der Waals surface area contributed by atoms with Gasteiger partial charge in [0.15, 0.2) is 11.2 Å². The quantitative estimate of drug-likeness (QED) is 0.226. The second-order valence-corrected chi connectivity index (χ2v) is 10.5. The summed E-state index contributed by atoms with van der Waals surface area (Å²) < 4.78 is 5.99. The van der Waals surface area contributed by atoms with Gasteiger partial charge in [-0.25, -0.2) is 14.6 Å². The lowest BCUT2D eigenvalue weighted by Gasteiger charge is -2.44. The first-order valence-electron chi connectivity index (χ1n) is 9.90. The largest absolute Gasteiger partial charge is 0.442 e. The summed E-state index contributed by atoms with van der Waals surface area (Å²) in [6.45, 7) is 21.8. The minimum atomic E-state index is -0.809. The highest BCUT2D eigenvalue weighted by Gasteiger charge is 2.63. The van der Waals surface area contributed by atoms with E-state index in [0.717, 1.165) is 12.8 Å². The maximum absolute atomic E-state index is 12.4. The van der Waals surface area contributed by atoms with Crippen LogP contribution in [0.15, 0.2) is 12.2 Å². The van der Waals surface area contributed by atoms with E-state index >= 15 is 0 Å². The molecule has 2 bridgehead atoms. The van der Waals surface area contributed by atoms with Gasteiger partial charge in [-0.2, -0.15) is 0 Å². The predicted octanol–water partition coefficient (Wildman–Crippen LogP) is 5.08. The predicted molar refractivity (Wildman–Crippen MR) is 107 cm³/mol. The monoisotopic (exact) mass is 376 g/mol. The molecule has 0 aromatic carbocycles. The number of hydrogen-bond acceptors (Lipinski definition) is 4. The molecule has 0 radical (unpaired) electrons. The third-order valence-corrected chi connectivity index (χ3v) is 6.21. The highest BCUT2D eigenvalue weighted by molar-refractivity contribution is 5.87. The first-order valence-corrected chi connectivity index (χ1v) is 9.90. The summed E-state index contributed by atoms with van der Waals surface area (Å²) >= 11 is 0. The van der Waals surface area contributed by atoms with Crippen LogP contribution in [-0.2, 0) is 19.3 Å². The molecule has 0 spiro atoms. The van der Waals surface area contributed by atoms with Gasteiger partial charge in [0, 0.05) is 17.9 Å². The molecule has 0 saturated heterocycles. The summed E-state index contributed by atoms with van der Waals surface area (Å²) in [6, 6.07) is 0. The number of fused-ring (bicyclic) bond motifs is 2. The van der Waals surface area contributed by atoms with Gasteiger partial charge in [0.2, 0.25) is 0 Å². The normalized spacial score (nSPS) is 32.0. The van der Waals surface area contributed by atoms with E-state index in [-0.39, 0.29) is 17.3 Å². The molecule has 2 saturated carbocycles. The molecule has 4 heteroatoms. The Labute approximate surface area is 164 Å². The summed E-state index contributed by atoms with van der Waals surface area (Å²) in [5.41, 5.74) is -1.38. The highest BCUT2D eigenvalue weighted by atomic mass is 17.2. The molecule has 4 atom stereocenters. The number of ether oxygens (including phenoxy) is 1. The lowest BCUT2D eigenvalue weighted by Crippen LogP contribution is -2.47. The SMILES string of the molecule is C=C(C)C(=O)O[C@]1(C#CC(C)(C)OOC(C)(C)C)C[C@H]2C[C@@H]1[C@@H](C)C2(C)C. The minimum absolute atomic E-state index is 0.215. The van der Waals surface area contributed by atoms with E-state index in [2.05, 4.69) is 39.2 Å². The van der Waals surface area contributed by atoms with Crippen molar-refractivity contribution in [3.05, 3.63) is 12.2 Å². The Morgan fingerprint density at radius 3 is 2.19 bits per heavy atom. The Morgan fingerprint density at radius 2 is 1.74 bits per heavy atom. The zero-order valence-corrected chi connectivity index (χ0v) is 18.5. The van der Waals surface area contributed by atoms with Crippen LogP contribution in [0.3, 0.4) is 0 Å². The van der Waals surface area contributed by atoms with Crippen LogP contribution in [0.4, 0.5) is 0 Å². The van der Waals surface area contributed by atoms with Gasteiger partial charge in [0.25, 0.3) is 0 Å². The van der Waals surface area contributed by atoms with Crippen molar-refractivity contribution in [3.8, 4) is 11.8 Å². The van der Waals surface area contributed by atoms with Gasteiger partial charge in [-0.05, 0) is 65.2 Å². The molecule has 2 rings (SSSR count). The first-order chi connectivity index (χ1) is 12.1. The van der Waals surface area contributed by atoms with E-state index in [0.29, 0.717) is 17.4 Å². The number of hydrogen-bond donors (Lipinski definition) is 0. The van der Waals surface area contributed by atoms with Crippen LogP contribution in [-0.4, -0.2) is 22.8 Å². The molecule has 27 heavy (non-hydrogen) atoms. The van der Waals surface area contributed by atoms with Crippen LogP contribution < -0.4 is 0 Å². The molecule has 0 heterocycles. The van der Waals surface area contributed by atoms with Gasteiger partial charge >= 0.3 is 5.97 Å². The van der Waals surface area contributed by atoms with Gasteiger partial charge in [-0.3, -0.25) is 0 Å². The number of carbonyl (C=O) groups excluding carboxylic acids is 1. The van der Waals surface area contributed by atoms with Crippen LogP contribution in [0.1, 0.15) is 75.2 Å². The van der Waals surface area contributed by atoms with Gasteiger partial charge in [-0.1, -0.05) is 39.2 Å². The maximum Gasteiger partial charge on any atom is 0.334 e. The molecule has 2 aliphatic carbocycles. The van der Waals surface area contributed by atoms with Crippen LogP contribution in [0.2, 0.25) is 0 Å².